The minimum atomic E-state index is 0.107. The van der Waals surface area contributed by atoms with Crippen LogP contribution in [0.2, 0.25) is 0 Å². The summed E-state index contributed by atoms with van der Waals surface area (Å²) in [6.07, 6.45) is 16.1. The molecular formula is C19H33NO. The predicted octanol–water partition coefficient (Wildman–Crippen LogP) is 5.24. The van der Waals surface area contributed by atoms with Crippen molar-refractivity contribution in [1.82, 2.24) is 4.57 Å². The lowest BCUT2D eigenvalue weighted by atomic mass is 10.0. The van der Waals surface area contributed by atoms with Gasteiger partial charge in [-0.15, -0.1) is 0 Å². The maximum atomic E-state index is 11.5. The summed E-state index contributed by atoms with van der Waals surface area (Å²) >= 11 is 0. The Morgan fingerprint density at radius 3 is 1.90 bits per heavy atom. The van der Waals surface area contributed by atoms with Gasteiger partial charge in [-0.1, -0.05) is 77.2 Å². The molecule has 0 radical (unpaired) electrons. The molecule has 0 atom stereocenters. The minimum Gasteiger partial charge on any atom is -0.316 e. The monoisotopic (exact) mass is 291 g/mol. The van der Waals surface area contributed by atoms with Crippen LogP contribution in [-0.2, 0) is 13.5 Å². The summed E-state index contributed by atoms with van der Waals surface area (Å²) in [4.78, 5) is 11.5. The molecule has 0 bridgehead atoms. The van der Waals surface area contributed by atoms with E-state index >= 15 is 0 Å². The molecular weight excluding hydrogens is 258 g/mol. The van der Waals surface area contributed by atoms with E-state index in [9.17, 15) is 4.79 Å². The number of pyridine rings is 1. The third-order valence-corrected chi connectivity index (χ3v) is 4.33. The van der Waals surface area contributed by atoms with E-state index in [4.69, 9.17) is 0 Å². The van der Waals surface area contributed by atoms with E-state index in [0.29, 0.717) is 0 Å². The molecule has 0 unspecified atom stereocenters. The van der Waals surface area contributed by atoms with E-state index in [-0.39, 0.29) is 5.56 Å². The van der Waals surface area contributed by atoms with Gasteiger partial charge in [0.2, 0.25) is 5.56 Å². The summed E-state index contributed by atoms with van der Waals surface area (Å²) < 4.78 is 1.77. The molecule has 0 N–H and O–H groups in total. The topological polar surface area (TPSA) is 22.0 Å². The fourth-order valence-electron chi connectivity index (χ4n) is 2.83. The van der Waals surface area contributed by atoms with Gasteiger partial charge in [0.1, 0.15) is 0 Å². The van der Waals surface area contributed by atoms with E-state index in [1.165, 1.54) is 76.3 Å². The lowest BCUT2D eigenvalue weighted by Crippen LogP contribution is -2.18. The number of hydrogen-bond acceptors (Lipinski definition) is 1. The molecule has 0 amide bonds. The zero-order chi connectivity index (χ0) is 15.3. The van der Waals surface area contributed by atoms with Gasteiger partial charge in [0.25, 0.3) is 0 Å². The predicted molar refractivity (Wildman–Crippen MR) is 91.8 cm³/mol. The molecule has 1 rings (SSSR count). The maximum Gasteiger partial charge on any atom is 0.250 e. The van der Waals surface area contributed by atoms with Crippen LogP contribution in [0.5, 0.6) is 0 Å². The van der Waals surface area contributed by atoms with Crippen LogP contribution in [0, 0.1) is 0 Å². The van der Waals surface area contributed by atoms with Gasteiger partial charge in [0.15, 0.2) is 0 Å². The third kappa shape index (κ3) is 8.08. The van der Waals surface area contributed by atoms with Crippen LogP contribution in [0.4, 0.5) is 0 Å². The Morgan fingerprint density at radius 1 is 0.810 bits per heavy atom. The summed E-state index contributed by atoms with van der Waals surface area (Å²) in [5.74, 6) is 0. The number of hydrogen-bond donors (Lipinski definition) is 0. The van der Waals surface area contributed by atoms with Crippen LogP contribution in [0.3, 0.4) is 0 Å². The van der Waals surface area contributed by atoms with Crippen molar-refractivity contribution < 1.29 is 0 Å². The molecule has 1 heterocycles. The van der Waals surface area contributed by atoms with Gasteiger partial charge in [-0.05, 0) is 18.9 Å². The van der Waals surface area contributed by atoms with Gasteiger partial charge < -0.3 is 4.57 Å². The Balaban J connectivity index is 1.95. The lowest BCUT2D eigenvalue weighted by Gasteiger charge is -2.07. The second kappa shape index (κ2) is 11.6. The van der Waals surface area contributed by atoms with Gasteiger partial charge in [-0.3, -0.25) is 4.79 Å². The zero-order valence-corrected chi connectivity index (χ0v) is 14.1. The second-order valence-electron chi connectivity index (χ2n) is 6.20. The first-order valence-electron chi connectivity index (χ1n) is 8.90. The quantitative estimate of drug-likeness (QED) is 0.483. The van der Waals surface area contributed by atoms with Crippen LogP contribution in [0.25, 0.3) is 0 Å². The van der Waals surface area contributed by atoms with Crippen molar-refractivity contribution in [2.45, 2.75) is 84.0 Å². The second-order valence-corrected chi connectivity index (χ2v) is 6.20. The van der Waals surface area contributed by atoms with E-state index < -0.39 is 0 Å². The number of unbranched alkanes of at least 4 members (excludes halogenated alkanes) is 10. The van der Waals surface area contributed by atoms with E-state index in [1.54, 1.807) is 10.6 Å². The van der Waals surface area contributed by atoms with Gasteiger partial charge in [-0.2, -0.15) is 0 Å². The first-order valence-corrected chi connectivity index (χ1v) is 8.90. The standard InChI is InChI=1S/C19H33NO/c1-3-4-5-6-7-8-9-10-11-12-13-15-18-16-14-17-19(21)20(18)2/h14,16-17H,3-13,15H2,1-2H3. The molecule has 0 aliphatic heterocycles. The highest BCUT2D eigenvalue weighted by molar-refractivity contribution is 5.06. The smallest absolute Gasteiger partial charge is 0.250 e. The summed E-state index contributed by atoms with van der Waals surface area (Å²) in [5, 5.41) is 0. The Hall–Kier alpha value is -1.05. The summed E-state index contributed by atoms with van der Waals surface area (Å²) in [6.45, 7) is 2.27. The number of aromatic nitrogens is 1. The zero-order valence-electron chi connectivity index (χ0n) is 14.1. The Morgan fingerprint density at radius 2 is 1.33 bits per heavy atom. The fourth-order valence-corrected chi connectivity index (χ4v) is 2.83. The average molecular weight is 291 g/mol. The highest BCUT2D eigenvalue weighted by Crippen LogP contribution is 2.12. The van der Waals surface area contributed by atoms with Crippen LogP contribution < -0.4 is 5.56 Å². The molecule has 0 aliphatic carbocycles. The van der Waals surface area contributed by atoms with Crippen LogP contribution in [0.15, 0.2) is 23.0 Å². The van der Waals surface area contributed by atoms with E-state index in [0.717, 1.165) is 6.42 Å². The average Bonchev–Trinajstić information content (AvgIpc) is 2.49. The molecule has 0 aliphatic rings. The molecule has 0 spiro atoms. The summed E-state index contributed by atoms with van der Waals surface area (Å²) in [6, 6.07) is 5.57. The van der Waals surface area contributed by atoms with Gasteiger partial charge in [0.05, 0.1) is 0 Å². The minimum absolute atomic E-state index is 0.107. The maximum absolute atomic E-state index is 11.5. The van der Waals surface area contributed by atoms with Crippen molar-refractivity contribution in [3.8, 4) is 0 Å². The molecule has 0 fully saturated rings. The van der Waals surface area contributed by atoms with Crippen molar-refractivity contribution >= 4 is 0 Å². The SMILES string of the molecule is CCCCCCCCCCCCCc1cccc(=O)n1C. The van der Waals surface area contributed by atoms with Crippen molar-refractivity contribution in [3.05, 3.63) is 34.2 Å². The van der Waals surface area contributed by atoms with Crippen molar-refractivity contribution in [1.29, 1.82) is 0 Å². The molecule has 2 nitrogen and oxygen atoms in total. The highest BCUT2D eigenvalue weighted by atomic mass is 16.1. The Bertz CT molecular complexity index is 422. The molecule has 1 aromatic rings. The normalized spacial score (nSPS) is 11.0. The molecule has 120 valence electrons. The lowest BCUT2D eigenvalue weighted by molar-refractivity contribution is 0.547. The Kier molecular flexibility index (Phi) is 9.94. The van der Waals surface area contributed by atoms with E-state index in [1.807, 2.05) is 13.1 Å². The highest BCUT2D eigenvalue weighted by Gasteiger charge is 1.99. The molecule has 1 aromatic heterocycles. The van der Waals surface area contributed by atoms with E-state index in [2.05, 4.69) is 13.0 Å². The summed E-state index contributed by atoms with van der Waals surface area (Å²) in [7, 11) is 1.87. The molecule has 0 saturated heterocycles. The van der Waals surface area contributed by atoms with Gasteiger partial charge >= 0.3 is 0 Å². The largest absolute Gasteiger partial charge is 0.316 e. The molecule has 0 aromatic carbocycles. The first-order chi connectivity index (χ1) is 10.3. The van der Waals surface area contributed by atoms with Gasteiger partial charge in [-0.25, -0.2) is 0 Å². The number of nitrogens with zero attached hydrogens (tertiary/aromatic N) is 1. The first kappa shape index (κ1) is 18.0. The van der Waals surface area contributed by atoms with Crippen molar-refractivity contribution in [2.75, 3.05) is 0 Å². The molecule has 21 heavy (non-hydrogen) atoms. The van der Waals surface area contributed by atoms with Crippen molar-refractivity contribution in [2.24, 2.45) is 7.05 Å². The molecule has 0 saturated carbocycles. The van der Waals surface area contributed by atoms with Crippen LogP contribution in [0.1, 0.15) is 83.2 Å². The van der Waals surface area contributed by atoms with Crippen LogP contribution in [-0.4, -0.2) is 4.57 Å². The number of aryl methyl sites for hydroxylation is 1. The summed E-state index contributed by atoms with van der Waals surface area (Å²) in [5.41, 5.74) is 1.27. The third-order valence-electron chi connectivity index (χ3n) is 4.33. The molecule has 2 heteroatoms. The Labute approximate surface area is 130 Å². The van der Waals surface area contributed by atoms with Crippen LogP contribution >= 0.6 is 0 Å². The van der Waals surface area contributed by atoms with Gasteiger partial charge in [0, 0.05) is 18.8 Å². The number of rotatable bonds is 12. The fraction of sp³-hybridized carbons (Fsp3) is 0.737. The van der Waals surface area contributed by atoms with Crippen molar-refractivity contribution in [3.63, 3.8) is 0 Å².